The van der Waals surface area contributed by atoms with E-state index in [1.54, 1.807) is 6.33 Å². The summed E-state index contributed by atoms with van der Waals surface area (Å²) in [6, 6.07) is 0.454. The quantitative estimate of drug-likeness (QED) is 0.678. The van der Waals surface area contributed by atoms with E-state index in [1.165, 1.54) is 18.5 Å². The van der Waals surface area contributed by atoms with Gasteiger partial charge in [-0.05, 0) is 19.4 Å². The van der Waals surface area contributed by atoms with Crippen LogP contribution in [0.5, 0.6) is 0 Å². The lowest BCUT2D eigenvalue weighted by Crippen LogP contribution is -2.16. The highest BCUT2D eigenvalue weighted by Gasteiger charge is 2.18. The highest BCUT2D eigenvalue weighted by atomic mass is 15.1. The Labute approximate surface area is 78.2 Å². The average Bonchev–Trinajstić information content (AvgIpc) is 2.71. The number of hydrogen-bond donors (Lipinski definition) is 1. The van der Waals surface area contributed by atoms with Crippen molar-refractivity contribution in [3.8, 4) is 12.3 Å². The van der Waals surface area contributed by atoms with E-state index in [0.717, 1.165) is 6.54 Å². The molecule has 1 atom stereocenters. The molecular formula is C10H13N3. The summed E-state index contributed by atoms with van der Waals surface area (Å²) in [5.41, 5.74) is 1.22. The Bertz CT molecular complexity index is 315. The van der Waals surface area contributed by atoms with Crippen LogP contribution in [0, 0.1) is 12.3 Å². The second-order valence-electron chi connectivity index (χ2n) is 3.30. The average molecular weight is 175 g/mol. The van der Waals surface area contributed by atoms with E-state index >= 15 is 0 Å². The van der Waals surface area contributed by atoms with E-state index in [-0.39, 0.29) is 0 Å². The van der Waals surface area contributed by atoms with Crippen LogP contribution in [0.3, 0.4) is 0 Å². The highest BCUT2D eigenvalue weighted by molar-refractivity contribution is 5.08. The molecule has 1 unspecified atom stereocenters. The molecule has 13 heavy (non-hydrogen) atoms. The molecular weight excluding hydrogens is 162 g/mol. The lowest BCUT2D eigenvalue weighted by atomic mass is 10.2. The first-order valence-electron chi connectivity index (χ1n) is 4.58. The number of nitrogens with one attached hydrogen (secondary N) is 1. The predicted octanol–water partition coefficient (Wildman–Crippen LogP) is 0.941. The maximum Gasteiger partial charge on any atom is 0.0957 e. The fraction of sp³-hybridized carbons (Fsp3) is 0.500. The van der Waals surface area contributed by atoms with E-state index in [0.29, 0.717) is 12.6 Å². The van der Waals surface area contributed by atoms with Crippen molar-refractivity contribution in [2.45, 2.75) is 25.4 Å². The molecule has 1 N–H and O–H groups in total. The van der Waals surface area contributed by atoms with E-state index in [1.807, 2.05) is 10.8 Å². The molecule has 1 aromatic rings. The van der Waals surface area contributed by atoms with Crippen molar-refractivity contribution in [2.75, 3.05) is 6.54 Å². The summed E-state index contributed by atoms with van der Waals surface area (Å²) in [7, 11) is 0. The third-order valence-electron chi connectivity index (χ3n) is 2.42. The number of aromatic nitrogens is 2. The molecule has 0 bridgehead atoms. The van der Waals surface area contributed by atoms with Crippen molar-refractivity contribution in [3.63, 3.8) is 0 Å². The van der Waals surface area contributed by atoms with Crippen LogP contribution in [-0.2, 0) is 6.54 Å². The summed E-state index contributed by atoms with van der Waals surface area (Å²) in [5.74, 6) is 2.63. The van der Waals surface area contributed by atoms with Crippen LogP contribution in [0.15, 0.2) is 12.5 Å². The molecule has 0 amide bonds. The smallest absolute Gasteiger partial charge is 0.0957 e. The Morgan fingerprint density at radius 2 is 2.69 bits per heavy atom. The lowest BCUT2D eigenvalue weighted by Gasteiger charge is -2.11. The Balaban J connectivity index is 2.19. The van der Waals surface area contributed by atoms with Crippen molar-refractivity contribution in [1.82, 2.24) is 14.9 Å². The summed E-state index contributed by atoms with van der Waals surface area (Å²) in [6.07, 6.45) is 11.4. The zero-order chi connectivity index (χ0) is 9.10. The minimum absolute atomic E-state index is 0.454. The molecule has 1 aliphatic rings. The molecule has 2 rings (SSSR count). The molecule has 2 heterocycles. The van der Waals surface area contributed by atoms with Crippen molar-refractivity contribution >= 4 is 0 Å². The largest absolute Gasteiger partial charge is 0.321 e. The molecule has 68 valence electrons. The van der Waals surface area contributed by atoms with Crippen LogP contribution < -0.4 is 5.32 Å². The standard InChI is InChI=1S/C10H13N3/c1-2-6-13-8-11-7-10(13)9-4-3-5-12-9/h1,7-9,12H,3-6H2. The molecule has 0 aromatic carbocycles. The molecule has 0 spiro atoms. The van der Waals surface area contributed by atoms with Gasteiger partial charge in [-0.1, -0.05) is 5.92 Å². The normalized spacial score (nSPS) is 21.6. The number of terminal acetylenes is 1. The molecule has 0 aliphatic carbocycles. The topological polar surface area (TPSA) is 29.9 Å². The van der Waals surface area contributed by atoms with Gasteiger partial charge in [-0.25, -0.2) is 4.98 Å². The summed E-state index contributed by atoms with van der Waals surface area (Å²) in [5, 5.41) is 3.43. The lowest BCUT2D eigenvalue weighted by molar-refractivity contribution is 0.590. The Kier molecular flexibility index (Phi) is 2.33. The van der Waals surface area contributed by atoms with Crippen molar-refractivity contribution in [1.29, 1.82) is 0 Å². The summed E-state index contributed by atoms with van der Waals surface area (Å²) in [6.45, 7) is 1.72. The van der Waals surface area contributed by atoms with Gasteiger partial charge in [0.05, 0.1) is 18.6 Å². The third-order valence-corrected chi connectivity index (χ3v) is 2.42. The summed E-state index contributed by atoms with van der Waals surface area (Å²) in [4.78, 5) is 4.11. The van der Waals surface area contributed by atoms with Crippen LogP contribution in [0.25, 0.3) is 0 Å². The number of hydrogen-bond acceptors (Lipinski definition) is 2. The fourth-order valence-electron chi connectivity index (χ4n) is 1.79. The zero-order valence-corrected chi connectivity index (χ0v) is 7.53. The molecule has 3 heteroatoms. The van der Waals surface area contributed by atoms with Crippen LogP contribution in [-0.4, -0.2) is 16.1 Å². The van der Waals surface area contributed by atoms with E-state index < -0.39 is 0 Å². The minimum Gasteiger partial charge on any atom is -0.321 e. The third kappa shape index (κ3) is 1.58. The first-order chi connectivity index (χ1) is 6.42. The van der Waals surface area contributed by atoms with Gasteiger partial charge in [0.25, 0.3) is 0 Å². The van der Waals surface area contributed by atoms with Gasteiger partial charge in [-0.2, -0.15) is 0 Å². The maximum atomic E-state index is 5.27. The minimum atomic E-state index is 0.454. The van der Waals surface area contributed by atoms with E-state index in [4.69, 9.17) is 6.42 Å². The number of rotatable bonds is 2. The highest BCUT2D eigenvalue weighted by Crippen LogP contribution is 2.22. The zero-order valence-electron chi connectivity index (χ0n) is 7.53. The van der Waals surface area contributed by atoms with Gasteiger partial charge >= 0.3 is 0 Å². The van der Waals surface area contributed by atoms with Gasteiger partial charge in [-0.15, -0.1) is 6.42 Å². The second-order valence-corrected chi connectivity index (χ2v) is 3.30. The van der Waals surface area contributed by atoms with Gasteiger partial charge in [0, 0.05) is 12.2 Å². The second kappa shape index (κ2) is 3.63. The van der Waals surface area contributed by atoms with Gasteiger partial charge < -0.3 is 9.88 Å². The van der Waals surface area contributed by atoms with Crippen molar-refractivity contribution in [2.24, 2.45) is 0 Å². The van der Waals surface area contributed by atoms with Crippen molar-refractivity contribution in [3.05, 3.63) is 18.2 Å². The summed E-state index contributed by atoms with van der Waals surface area (Å²) >= 11 is 0. The predicted molar refractivity (Wildman–Crippen MR) is 51.0 cm³/mol. The Morgan fingerprint density at radius 1 is 1.77 bits per heavy atom. The first kappa shape index (κ1) is 8.33. The molecule has 1 aromatic heterocycles. The Hall–Kier alpha value is -1.27. The molecule has 1 fully saturated rings. The molecule has 1 saturated heterocycles. The Morgan fingerprint density at radius 3 is 3.38 bits per heavy atom. The van der Waals surface area contributed by atoms with Crippen LogP contribution in [0.4, 0.5) is 0 Å². The van der Waals surface area contributed by atoms with Crippen LogP contribution in [0.2, 0.25) is 0 Å². The first-order valence-corrected chi connectivity index (χ1v) is 4.58. The van der Waals surface area contributed by atoms with Crippen LogP contribution >= 0.6 is 0 Å². The van der Waals surface area contributed by atoms with Gasteiger partial charge in [-0.3, -0.25) is 0 Å². The SMILES string of the molecule is C#CCn1cncc1C1CCCN1. The van der Waals surface area contributed by atoms with Gasteiger partial charge in [0.15, 0.2) is 0 Å². The summed E-state index contributed by atoms with van der Waals surface area (Å²) < 4.78 is 2.03. The molecule has 0 saturated carbocycles. The van der Waals surface area contributed by atoms with Crippen LogP contribution in [0.1, 0.15) is 24.6 Å². The van der Waals surface area contributed by atoms with E-state index in [2.05, 4.69) is 16.2 Å². The van der Waals surface area contributed by atoms with E-state index in [9.17, 15) is 0 Å². The van der Waals surface area contributed by atoms with Crippen molar-refractivity contribution < 1.29 is 0 Å². The molecule has 1 aliphatic heterocycles. The van der Waals surface area contributed by atoms with Gasteiger partial charge in [0.1, 0.15) is 0 Å². The fourth-order valence-corrected chi connectivity index (χ4v) is 1.79. The number of imidazole rings is 1. The monoisotopic (exact) mass is 175 g/mol. The molecule has 3 nitrogen and oxygen atoms in total. The number of nitrogens with zero attached hydrogens (tertiary/aromatic N) is 2. The van der Waals surface area contributed by atoms with Gasteiger partial charge in [0.2, 0.25) is 0 Å². The maximum absolute atomic E-state index is 5.27. The molecule has 0 radical (unpaired) electrons.